The number of hydrogen-bond acceptors (Lipinski definition) is 7. The zero-order valence-corrected chi connectivity index (χ0v) is 19.0. The molecule has 3 saturated heterocycles. The summed E-state index contributed by atoms with van der Waals surface area (Å²) in [5.41, 5.74) is 0.440. The van der Waals surface area contributed by atoms with Gasteiger partial charge in [-0.25, -0.2) is 21.6 Å². The molecule has 11 heteroatoms. The second kappa shape index (κ2) is 9.14. The fourth-order valence-electron chi connectivity index (χ4n) is 4.40. The minimum Gasteiger partial charge on any atom is -0.377 e. The summed E-state index contributed by atoms with van der Waals surface area (Å²) in [5.74, 6) is 0.307. The number of rotatable bonds is 6. The predicted octanol–water partition coefficient (Wildman–Crippen LogP) is 0.0888. The number of hydrogen-bond donors (Lipinski definition) is 1. The maximum absolute atomic E-state index is 12.8. The van der Waals surface area contributed by atoms with Crippen LogP contribution in [0.1, 0.15) is 29.6 Å². The number of carbonyl (C=O) groups excluding carboxylic acids is 1. The number of nitrogens with one attached hydrogen (secondary N) is 1. The van der Waals surface area contributed by atoms with E-state index in [1.54, 1.807) is 17.0 Å². The third-order valence-corrected chi connectivity index (χ3v) is 9.45. The van der Waals surface area contributed by atoms with E-state index in [4.69, 9.17) is 4.74 Å². The van der Waals surface area contributed by atoms with Crippen LogP contribution in [-0.4, -0.2) is 95.5 Å². The molecule has 1 amide bonds. The summed E-state index contributed by atoms with van der Waals surface area (Å²) in [6.07, 6.45) is 2.36. The molecular weight excluding hydrogens is 442 g/mol. The van der Waals surface area contributed by atoms with Crippen LogP contribution in [0.3, 0.4) is 0 Å². The highest BCUT2D eigenvalue weighted by Crippen LogP contribution is 2.20. The van der Waals surface area contributed by atoms with Crippen LogP contribution in [0.4, 0.5) is 0 Å². The van der Waals surface area contributed by atoms with Crippen molar-refractivity contribution in [2.75, 3.05) is 50.8 Å². The molecule has 0 aliphatic carbocycles. The van der Waals surface area contributed by atoms with E-state index < -0.39 is 19.9 Å². The molecule has 3 aliphatic rings. The number of sulfonamides is 1. The van der Waals surface area contributed by atoms with Gasteiger partial charge in [0.2, 0.25) is 10.0 Å². The van der Waals surface area contributed by atoms with Crippen LogP contribution < -0.4 is 4.72 Å². The zero-order valence-electron chi connectivity index (χ0n) is 17.4. The number of ether oxygens (including phenoxy) is 1. The van der Waals surface area contributed by atoms with Gasteiger partial charge in [0, 0.05) is 50.9 Å². The number of benzene rings is 1. The fraction of sp³-hybridized carbons (Fsp3) is 0.650. The molecule has 3 aliphatic heterocycles. The van der Waals surface area contributed by atoms with E-state index in [1.165, 1.54) is 12.1 Å². The Balaban J connectivity index is 1.31. The van der Waals surface area contributed by atoms with Gasteiger partial charge in [-0.1, -0.05) is 0 Å². The minimum absolute atomic E-state index is 0.0499. The van der Waals surface area contributed by atoms with Crippen molar-refractivity contribution in [3.8, 4) is 0 Å². The highest BCUT2D eigenvalue weighted by atomic mass is 32.2. The summed E-state index contributed by atoms with van der Waals surface area (Å²) in [6.45, 7) is 3.25. The summed E-state index contributed by atoms with van der Waals surface area (Å²) >= 11 is 0. The van der Waals surface area contributed by atoms with Gasteiger partial charge in [-0.15, -0.1) is 0 Å². The zero-order chi connectivity index (χ0) is 22.1. The first-order valence-electron chi connectivity index (χ1n) is 10.7. The first kappa shape index (κ1) is 22.7. The number of nitrogens with zero attached hydrogens (tertiary/aromatic N) is 2. The van der Waals surface area contributed by atoms with Gasteiger partial charge < -0.3 is 9.64 Å². The van der Waals surface area contributed by atoms with Crippen molar-refractivity contribution in [2.45, 2.75) is 36.3 Å². The lowest BCUT2D eigenvalue weighted by molar-refractivity contribution is 0.0587. The third kappa shape index (κ3) is 5.46. The Kier molecular flexibility index (Phi) is 6.68. The van der Waals surface area contributed by atoms with E-state index in [0.29, 0.717) is 44.8 Å². The smallest absolute Gasteiger partial charge is 0.253 e. The molecule has 172 valence electrons. The van der Waals surface area contributed by atoms with E-state index in [0.717, 1.165) is 12.8 Å². The predicted molar refractivity (Wildman–Crippen MR) is 115 cm³/mol. The minimum atomic E-state index is -3.65. The van der Waals surface area contributed by atoms with Crippen molar-refractivity contribution in [1.29, 1.82) is 0 Å². The topological polar surface area (TPSA) is 113 Å². The molecule has 3 fully saturated rings. The molecule has 1 aromatic carbocycles. The largest absolute Gasteiger partial charge is 0.377 e. The van der Waals surface area contributed by atoms with Crippen molar-refractivity contribution < 1.29 is 26.4 Å². The van der Waals surface area contributed by atoms with Gasteiger partial charge in [0.25, 0.3) is 5.91 Å². The fourth-order valence-corrected chi connectivity index (χ4v) is 7.23. The molecule has 2 atom stereocenters. The van der Waals surface area contributed by atoms with Crippen molar-refractivity contribution in [3.05, 3.63) is 29.8 Å². The highest BCUT2D eigenvalue weighted by molar-refractivity contribution is 7.91. The van der Waals surface area contributed by atoms with E-state index in [1.807, 2.05) is 0 Å². The monoisotopic (exact) mass is 471 g/mol. The molecule has 0 bridgehead atoms. The number of sulfone groups is 1. The maximum Gasteiger partial charge on any atom is 0.253 e. The number of carbonyl (C=O) groups is 1. The molecule has 2 unspecified atom stereocenters. The van der Waals surface area contributed by atoms with Crippen molar-refractivity contribution in [2.24, 2.45) is 0 Å². The summed E-state index contributed by atoms with van der Waals surface area (Å²) in [4.78, 5) is 16.8. The third-order valence-electron chi connectivity index (χ3n) is 6.26. The van der Waals surface area contributed by atoms with Crippen LogP contribution >= 0.6 is 0 Å². The van der Waals surface area contributed by atoms with Crippen LogP contribution in [0.15, 0.2) is 29.2 Å². The van der Waals surface area contributed by atoms with Crippen molar-refractivity contribution in [1.82, 2.24) is 14.5 Å². The van der Waals surface area contributed by atoms with E-state index in [9.17, 15) is 21.6 Å². The van der Waals surface area contributed by atoms with Gasteiger partial charge in [-0.3, -0.25) is 9.69 Å². The van der Waals surface area contributed by atoms with Crippen LogP contribution in [0, 0.1) is 0 Å². The normalized spacial score (nSPS) is 26.9. The van der Waals surface area contributed by atoms with Crippen LogP contribution in [0.2, 0.25) is 0 Å². The van der Waals surface area contributed by atoms with E-state index in [2.05, 4.69) is 9.62 Å². The van der Waals surface area contributed by atoms with E-state index in [-0.39, 0.29) is 41.0 Å². The molecule has 31 heavy (non-hydrogen) atoms. The summed E-state index contributed by atoms with van der Waals surface area (Å²) in [7, 11) is -6.58. The molecule has 0 radical (unpaired) electrons. The summed E-state index contributed by atoms with van der Waals surface area (Å²) in [6, 6.07) is 6.03. The van der Waals surface area contributed by atoms with Crippen molar-refractivity contribution in [3.63, 3.8) is 0 Å². The Morgan fingerprint density at radius 1 is 1.10 bits per heavy atom. The first-order chi connectivity index (χ1) is 14.7. The maximum atomic E-state index is 12.8. The van der Waals surface area contributed by atoms with Gasteiger partial charge >= 0.3 is 0 Å². The second-order valence-electron chi connectivity index (χ2n) is 8.40. The Morgan fingerprint density at radius 3 is 2.39 bits per heavy atom. The quantitative estimate of drug-likeness (QED) is 0.626. The first-order valence-corrected chi connectivity index (χ1v) is 14.0. The molecule has 1 aromatic rings. The average Bonchev–Trinajstić information content (AvgIpc) is 3.41. The average molecular weight is 472 g/mol. The Labute approximate surface area is 183 Å². The summed E-state index contributed by atoms with van der Waals surface area (Å²) < 4.78 is 56.4. The van der Waals surface area contributed by atoms with Gasteiger partial charge in [-0.2, -0.15) is 0 Å². The van der Waals surface area contributed by atoms with Gasteiger partial charge in [0.15, 0.2) is 9.84 Å². The standard InChI is InChI=1S/C20H29N3O6S2/c24-20(23-10-8-22(9-11-23)17-7-13-30(25,26)15-17)16-3-5-19(6-4-16)31(27,28)21-14-18-2-1-12-29-18/h3-6,17-18,21H,1-2,7-15H2. The lowest BCUT2D eigenvalue weighted by Crippen LogP contribution is -2.52. The van der Waals surface area contributed by atoms with E-state index >= 15 is 0 Å². The van der Waals surface area contributed by atoms with Gasteiger partial charge in [0.1, 0.15) is 0 Å². The Hall–Kier alpha value is -1.53. The molecule has 9 nitrogen and oxygen atoms in total. The SMILES string of the molecule is O=C(c1ccc(S(=O)(=O)NCC2CCCO2)cc1)N1CCN(C2CCS(=O)(=O)C2)CC1. The highest BCUT2D eigenvalue weighted by Gasteiger charge is 2.34. The van der Waals surface area contributed by atoms with Crippen molar-refractivity contribution >= 4 is 25.8 Å². The van der Waals surface area contributed by atoms with Crippen LogP contribution in [-0.2, 0) is 24.6 Å². The van der Waals surface area contributed by atoms with Crippen LogP contribution in [0.5, 0.6) is 0 Å². The molecular formula is C20H29N3O6S2. The Morgan fingerprint density at radius 2 is 1.81 bits per heavy atom. The number of amides is 1. The molecule has 1 N–H and O–H groups in total. The molecule has 0 saturated carbocycles. The van der Waals surface area contributed by atoms with Crippen LogP contribution in [0.25, 0.3) is 0 Å². The molecule has 0 aromatic heterocycles. The van der Waals surface area contributed by atoms with Gasteiger partial charge in [0.05, 0.1) is 22.5 Å². The summed E-state index contributed by atoms with van der Waals surface area (Å²) in [5, 5.41) is 0. The number of piperazine rings is 1. The lowest BCUT2D eigenvalue weighted by atomic mass is 10.1. The second-order valence-corrected chi connectivity index (χ2v) is 12.4. The lowest BCUT2D eigenvalue weighted by Gasteiger charge is -2.37. The van der Waals surface area contributed by atoms with Gasteiger partial charge in [-0.05, 0) is 43.5 Å². The Bertz CT molecular complexity index is 996. The molecule has 4 rings (SSSR count). The molecule has 3 heterocycles. The molecule has 0 spiro atoms.